The molecule has 3 aromatic heterocycles. The number of carbonyl (C=O) groups excluding carboxylic acids is 2. The normalized spacial score (nSPS) is 10.5. The van der Waals surface area contributed by atoms with Crippen LogP contribution in [0.5, 0.6) is 11.5 Å². The molecule has 1 aromatic carbocycles. The van der Waals surface area contributed by atoms with Crippen LogP contribution >= 0.6 is 11.3 Å². The summed E-state index contributed by atoms with van der Waals surface area (Å²) in [5.41, 5.74) is 1.06. The molecule has 0 unspecified atom stereocenters. The van der Waals surface area contributed by atoms with Crippen molar-refractivity contribution in [2.75, 3.05) is 12.4 Å². The Kier molecular flexibility index (Phi) is 6.04. The third kappa shape index (κ3) is 5.14. The second-order valence-electron chi connectivity index (χ2n) is 6.50. The van der Waals surface area contributed by atoms with Crippen LogP contribution in [0, 0.1) is 0 Å². The lowest BCUT2D eigenvalue weighted by atomic mass is 10.2. The van der Waals surface area contributed by atoms with Crippen LogP contribution in [0.2, 0.25) is 0 Å². The molecule has 0 aliphatic heterocycles. The molecule has 3 amide bonds. The molecular formula is C22H19N5O3S. The minimum absolute atomic E-state index is 0.278. The lowest BCUT2D eigenvalue weighted by molar-refractivity contribution is 0.0958. The zero-order valence-electron chi connectivity index (χ0n) is 16.6. The van der Waals surface area contributed by atoms with Crippen LogP contribution in [0.3, 0.4) is 0 Å². The Balaban J connectivity index is 1.42. The molecule has 4 aromatic rings. The largest absolute Gasteiger partial charge is 0.457 e. The Hall–Kier alpha value is -3.98. The van der Waals surface area contributed by atoms with Gasteiger partial charge in [0.05, 0.1) is 17.2 Å². The molecule has 3 N–H and O–H groups in total. The second kappa shape index (κ2) is 9.23. The van der Waals surface area contributed by atoms with Crippen molar-refractivity contribution < 1.29 is 14.3 Å². The summed E-state index contributed by atoms with van der Waals surface area (Å²) in [4.78, 5) is 32.1. The monoisotopic (exact) mass is 433 g/mol. The van der Waals surface area contributed by atoms with Gasteiger partial charge in [-0.2, -0.15) is 0 Å². The summed E-state index contributed by atoms with van der Waals surface area (Å²) in [6, 6.07) is 16.1. The molecule has 0 fully saturated rings. The molecule has 0 radical (unpaired) electrons. The van der Waals surface area contributed by atoms with E-state index < -0.39 is 0 Å². The summed E-state index contributed by atoms with van der Waals surface area (Å²) >= 11 is 1.44. The van der Waals surface area contributed by atoms with Crippen molar-refractivity contribution in [1.82, 2.24) is 20.6 Å². The number of anilines is 1. The number of pyridine rings is 2. The van der Waals surface area contributed by atoms with Gasteiger partial charge in [0.2, 0.25) is 0 Å². The Labute approximate surface area is 182 Å². The van der Waals surface area contributed by atoms with Crippen LogP contribution in [-0.2, 0) is 6.54 Å². The molecule has 0 saturated heterocycles. The summed E-state index contributed by atoms with van der Waals surface area (Å²) in [5, 5.41) is 9.87. The van der Waals surface area contributed by atoms with Gasteiger partial charge >= 0.3 is 6.03 Å². The summed E-state index contributed by atoms with van der Waals surface area (Å²) in [5.74, 6) is 0.850. The van der Waals surface area contributed by atoms with Gasteiger partial charge in [0.25, 0.3) is 5.91 Å². The van der Waals surface area contributed by atoms with Crippen LogP contribution in [0.4, 0.5) is 9.80 Å². The maximum absolute atomic E-state index is 12.2. The number of hydrogen-bond acceptors (Lipinski definition) is 6. The molecular weight excluding hydrogens is 414 g/mol. The molecule has 4 rings (SSSR count). The fourth-order valence-electron chi connectivity index (χ4n) is 2.83. The Morgan fingerprint density at radius 3 is 2.68 bits per heavy atom. The first-order valence-corrected chi connectivity index (χ1v) is 10.3. The molecule has 0 atom stereocenters. The Morgan fingerprint density at radius 2 is 1.87 bits per heavy atom. The molecule has 8 nitrogen and oxygen atoms in total. The van der Waals surface area contributed by atoms with E-state index in [0.29, 0.717) is 18.0 Å². The maximum Gasteiger partial charge on any atom is 0.320 e. The second-order valence-corrected chi connectivity index (χ2v) is 7.58. The minimum atomic E-state index is -0.299. The molecule has 0 aliphatic rings. The van der Waals surface area contributed by atoms with E-state index in [1.807, 2.05) is 42.5 Å². The van der Waals surface area contributed by atoms with Gasteiger partial charge in [-0.25, -0.2) is 4.79 Å². The fraction of sp³-hybridized carbons (Fsp3) is 0.0909. The summed E-state index contributed by atoms with van der Waals surface area (Å²) in [7, 11) is 1.55. The van der Waals surface area contributed by atoms with Crippen molar-refractivity contribution in [3.05, 3.63) is 78.4 Å². The number of carbonyl (C=O) groups is 2. The molecule has 156 valence electrons. The quantitative estimate of drug-likeness (QED) is 0.423. The van der Waals surface area contributed by atoms with Crippen molar-refractivity contribution in [3.8, 4) is 11.5 Å². The van der Waals surface area contributed by atoms with Crippen molar-refractivity contribution in [1.29, 1.82) is 0 Å². The Bertz CT molecular complexity index is 1230. The number of urea groups is 1. The highest BCUT2D eigenvalue weighted by molar-refractivity contribution is 7.23. The van der Waals surface area contributed by atoms with Crippen LogP contribution in [0.1, 0.15) is 16.2 Å². The average Bonchev–Trinajstić information content (AvgIpc) is 3.19. The number of rotatable bonds is 6. The lowest BCUT2D eigenvalue weighted by Crippen LogP contribution is -2.28. The highest BCUT2D eigenvalue weighted by Gasteiger charge is 2.09. The minimum Gasteiger partial charge on any atom is -0.457 e. The summed E-state index contributed by atoms with van der Waals surface area (Å²) in [6.45, 7) is 0.347. The first kappa shape index (κ1) is 20.3. The van der Waals surface area contributed by atoms with E-state index in [9.17, 15) is 9.59 Å². The zero-order chi connectivity index (χ0) is 21.6. The number of nitrogens with zero attached hydrogens (tertiary/aromatic N) is 2. The van der Waals surface area contributed by atoms with Crippen molar-refractivity contribution >= 4 is 38.4 Å². The molecule has 3 heterocycles. The lowest BCUT2D eigenvalue weighted by Gasteiger charge is -2.07. The van der Waals surface area contributed by atoms with Gasteiger partial charge in [-0.05, 0) is 47.9 Å². The molecule has 0 saturated carbocycles. The third-order valence-electron chi connectivity index (χ3n) is 4.31. The molecule has 31 heavy (non-hydrogen) atoms. The van der Waals surface area contributed by atoms with E-state index in [1.165, 1.54) is 17.5 Å². The number of hydrogen-bond donors (Lipinski definition) is 3. The van der Waals surface area contributed by atoms with Gasteiger partial charge in [0, 0.05) is 30.2 Å². The van der Waals surface area contributed by atoms with Crippen molar-refractivity contribution in [3.63, 3.8) is 0 Å². The van der Waals surface area contributed by atoms with Crippen LogP contribution < -0.4 is 20.7 Å². The number of aromatic nitrogens is 2. The number of ether oxygens (including phenoxy) is 1. The molecule has 0 spiro atoms. The molecule has 9 heteroatoms. The van der Waals surface area contributed by atoms with Gasteiger partial charge in [-0.1, -0.05) is 6.07 Å². The predicted octanol–water partition coefficient (Wildman–Crippen LogP) is 4.16. The SMILES string of the molecule is CNC(=O)c1cc(Oc2ccc3cc(NC(=O)NCc4ccccn4)sc3c2)ccn1. The smallest absolute Gasteiger partial charge is 0.320 e. The zero-order valence-corrected chi connectivity index (χ0v) is 17.4. The Morgan fingerprint density at radius 1 is 1.00 bits per heavy atom. The summed E-state index contributed by atoms with van der Waals surface area (Å²) < 4.78 is 6.84. The number of nitrogens with one attached hydrogen (secondary N) is 3. The van der Waals surface area contributed by atoms with Gasteiger partial charge in [-0.3, -0.25) is 20.1 Å². The highest BCUT2D eigenvalue weighted by atomic mass is 32.1. The van der Waals surface area contributed by atoms with Crippen molar-refractivity contribution in [2.45, 2.75) is 6.54 Å². The van der Waals surface area contributed by atoms with E-state index in [2.05, 4.69) is 25.9 Å². The third-order valence-corrected chi connectivity index (χ3v) is 5.32. The number of benzene rings is 1. The first-order chi connectivity index (χ1) is 15.1. The van der Waals surface area contributed by atoms with Crippen LogP contribution in [0.15, 0.2) is 67.0 Å². The van der Waals surface area contributed by atoms with E-state index in [0.717, 1.165) is 20.8 Å². The topological polar surface area (TPSA) is 105 Å². The fourth-order valence-corrected chi connectivity index (χ4v) is 3.82. The van der Waals surface area contributed by atoms with E-state index in [4.69, 9.17) is 4.74 Å². The average molecular weight is 433 g/mol. The van der Waals surface area contributed by atoms with Crippen molar-refractivity contribution in [2.24, 2.45) is 0 Å². The van der Waals surface area contributed by atoms with Gasteiger partial charge in [0.1, 0.15) is 17.2 Å². The number of amides is 3. The maximum atomic E-state index is 12.2. The first-order valence-electron chi connectivity index (χ1n) is 9.45. The number of fused-ring (bicyclic) bond motifs is 1. The van der Waals surface area contributed by atoms with E-state index >= 15 is 0 Å². The van der Waals surface area contributed by atoms with Crippen LogP contribution in [-0.4, -0.2) is 29.0 Å². The summed E-state index contributed by atoms with van der Waals surface area (Å²) in [6.07, 6.45) is 3.21. The standard InChI is InChI=1S/C22H19N5O3S/c1-23-21(28)18-11-17(7-9-25-18)30-16-6-5-14-10-20(31-19(14)12-16)27-22(29)26-13-15-4-2-3-8-24-15/h2-12H,13H2,1H3,(H,23,28)(H2,26,27,29). The molecule has 0 bridgehead atoms. The van der Waals surface area contributed by atoms with Gasteiger partial charge in [0.15, 0.2) is 0 Å². The van der Waals surface area contributed by atoms with Crippen LogP contribution in [0.25, 0.3) is 10.1 Å². The highest BCUT2D eigenvalue weighted by Crippen LogP contribution is 2.33. The van der Waals surface area contributed by atoms with Gasteiger partial charge in [-0.15, -0.1) is 11.3 Å². The van der Waals surface area contributed by atoms with E-state index in [-0.39, 0.29) is 17.6 Å². The predicted molar refractivity (Wildman–Crippen MR) is 120 cm³/mol. The van der Waals surface area contributed by atoms with E-state index in [1.54, 1.807) is 25.4 Å². The number of thiophene rings is 1. The molecule has 0 aliphatic carbocycles. The van der Waals surface area contributed by atoms with Gasteiger partial charge < -0.3 is 15.4 Å².